The Morgan fingerprint density at radius 1 is 0.906 bits per heavy atom. The van der Waals surface area contributed by atoms with Gasteiger partial charge in [0.05, 0.1) is 18.7 Å². The molecule has 0 saturated carbocycles. The van der Waals surface area contributed by atoms with Crippen LogP contribution in [0.15, 0.2) is 66.7 Å². The number of fused-ring (bicyclic) bond motifs is 1. The lowest BCUT2D eigenvalue weighted by atomic mass is 10.0. The van der Waals surface area contributed by atoms with Gasteiger partial charge in [-0.15, -0.1) is 5.10 Å². The fourth-order valence-corrected chi connectivity index (χ4v) is 4.27. The molecule has 1 aliphatic rings. The number of aryl methyl sites for hydroxylation is 1. The standard InChI is InChI=1S/C25H26N6O/c1-19-9-11-22(12-10-19)31-24(26-27-28-31)18-29-13-15-30(16-14-29)25(32)17-21-7-4-6-20-5-2-3-8-23(20)21/h2-12H,13-18H2,1H3. The van der Waals surface area contributed by atoms with Crippen molar-refractivity contribution < 1.29 is 4.79 Å². The SMILES string of the molecule is Cc1ccc(-n2nnnc2CN2CCN(C(=O)Cc3cccc4ccccc34)CC2)cc1. The van der Waals surface area contributed by atoms with Crippen molar-refractivity contribution in [3.63, 3.8) is 0 Å². The Bertz CT molecular complexity index is 1220. The summed E-state index contributed by atoms with van der Waals surface area (Å²) in [6.07, 6.45) is 0.438. The monoisotopic (exact) mass is 426 g/mol. The van der Waals surface area contributed by atoms with Gasteiger partial charge in [0.15, 0.2) is 5.82 Å². The molecular weight excluding hydrogens is 400 g/mol. The molecule has 1 saturated heterocycles. The maximum absolute atomic E-state index is 13.0. The Morgan fingerprint density at radius 3 is 2.47 bits per heavy atom. The van der Waals surface area contributed by atoms with Crippen LogP contribution in [0.3, 0.4) is 0 Å². The smallest absolute Gasteiger partial charge is 0.227 e. The topological polar surface area (TPSA) is 67.2 Å². The number of rotatable bonds is 5. The number of nitrogens with zero attached hydrogens (tertiary/aromatic N) is 6. The van der Waals surface area contributed by atoms with Gasteiger partial charge in [-0.1, -0.05) is 60.2 Å². The molecule has 1 fully saturated rings. The number of piperazine rings is 1. The molecule has 162 valence electrons. The second kappa shape index (κ2) is 8.88. The van der Waals surface area contributed by atoms with Crippen LogP contribution in [0.4, 0.5) is 0 Å². The van der Waals surface area contributed by atoms with E-state index >= 15 is 0 Å². The minimum Gasteiger partial charge on any atom is -0.340 e. The van der Waals surface area contributed by atoms with E-state index in [9.17, 15) is 4.79 Å². The van der Waals surface area contributed by atoms with Crippen molar-refractivity contribution in [3.05, 3.63) is 83.7 Å². The van der Waals surface area contributed by atoms with Crippen LogP contribution in [0.1, 0.15) is 17.0 Å². The summed E-state index contributed by atoms with van der Waals surface area (Å²) in [4.78, 5) is 17.2. The largest absolute Gasteiger partial charge is 0.340 e. The summed E-state index contributed by atoms with van der Waals surface area (Å²) in [7, 11) is 0. The summed E-state index contributed by atoms with van der Waals surface area (Å²) < 4.78 is 1.79. The van der Waals surface area contributed by atoms with Crippen molar-refractivity contribution in [1.29, 1.82) is 0 Å². The number of hydrogen-bond donors (Lipinski definition) is 0. The average molecular weight is 427 g/mol. The van der Waals surface area contributed by atoms with E-state index in [-0.39, 0.29) is 5.91 Å². The third kappa shape index (κ3) is 4.24. The lowest BCUT2D eigenvalue weighted by Crippen LogP contribution is -2.49. The lowest BCUT2D eigenvalue weighted by Gasteiger charge is -2.34. The van der Waals surface area contributed by atoms with Gasteiger partial charge in [-0.2, -0.15) is 4.68 Å². The molecule has 0 N–H and O–H groups in total. The van der Waals surface area contributed by atoms with Crippen LogP contribution >= 0.6 is 0 Å². The number of amides is 1. The highest BCUT2D eigenvalue weighted by molar-refractivity contribution is 5.90. The summed E-state index contributed by atoms with van der Waals surface area (Å²) in [6.45, 7) is 5.77. The van der Waals surface area contributed by atoms with Gasteiger partial charge in [0, 0.05) is 26.2 Å². The third-order valence-corrected chi connectivity index (χ3v) is 6.12. The van der Waals surface area contributed by atoms with Gasteiger partial charge in [-0.05, 0) is 45.8 Å². The van der Waals surface area contributed by atoms with Crippen molar-refractivity contribution in [2.45, 2.75) is 19.9 Å². The maximum Gasteiger partial charge on any atom is 0.227 e. The molecule has 1 amide bonds. The molecule has 1 aliphatic heterocycles. The summed E-state index contributed by atoms with van der Waals surface area (Å²) in [5.74, 6) is 0.995. The van der Waals surface area contributed by atoms with Gasteiger partial charge in [-0.3, -0.25) is 9.69 Å². The zero-order chi connectivity index (χ0) is 21.9. The quantitative estimate of drug-likeness (QED) is 0.491. The molecule has 7 nitrogen and oxygen atoms in total. The highest BCUT2D eigenvalue weighted by Crippen LogP contribution is 2.20. The first-order valence-corrected chi connectivity index (χ1v) is 11.0. The Kier molecular flexibility index (Phi) is 5.64. The molecule has 0 aliphatic carbocycles. The van der Waals surface area contributed by atoms with Gasteiger partial charge in [0.2, 0.25) is 5.91 Å². The van der Waals surface area contributed by atoms with Crippen LogP contribution in [0.2, 0.25) is 0 Å². The molecule has 0 unspecified atom stereocenters. The molecule has 2 heterocycles. The molecule has 32 heavy (non-hydrogen) atoms. The summed E-state index contributed by atoms with van der Waals surface area (Å²) in [6, 6.07) is 22.6. The van der Waals surface area contributed by atoms with E-state index in [0.717, 1.165) is 48.6 Å². The van der Waals surface area contributed by atoms with E-state index in [0.29, 0.717) is 13.0 Å². The van der Waals surface area contributed by atoms with E-state index in [1.807, 2.05) is 35.2 Å². The molecule has 5 rings (SSSR count). The summed E-state index contributed by atoms with van der Waals surface area (Å²) in [5, 5.41) is 14.6. The Morgan fingerprint density at radius 2 is 1.66 bits per heavy atom. The molecule has 0 radical (unpaired) electrons. The lowest BCUT2D eigenvalue weighted by molar-refractivity contribution is -0.132. The van der Waals surface area contributed by atoms with Crippen LogP contribution in [-0.2, 0) is 17.8 Å². The number of aromatic nitrogens is 4. The minimum absolute atomic E-state index is 0.186. The zero-order valence-corrected chi connectivity index (χ0v) is 18.2. The first-order valence-electron chi connectivity index (χ1n) is 11.0. The van der Waals surface area contributed by atoms with Crippen molar-refractivity contribution in [2.24, 2.45) is 0 Å². The first kappa shape index (κ1) is 20.3. The van der Waals surface area contributed by atoms with E-state index in [1.54, 1.807) is 4.68 Å². The number of tetrazole rings is 1. The van der Waals surface area contributed by atoms with Crippen molar-refractivity contribution in [2.75, 3.05) is 26.2 Å². The normalized spacial score (nSPS) is 14.7. The number of carbonyl (C=O) groups excluding carboxylic acids is 1. The predicted molar refractivity (Wildman–Crippen MR) is 123 cm³/mol. The number of hydrogen-bond acceptors (Lipinski definition) is 5. The highest BCUT2D eigenvalue weighted by atomic mass is 16.2. The molecule has 0 atom stereocenters. The second-order valence-corrected chi connectivity index (χ2v) is 8.31. The van der Waals surface area contributed by atoms with Gasteiger partial charge < -0.3 is 4.90 Å². The van der Waals surface area contributed by atoms with E-state index < -0.39 is 0 Å². The fourth-order valence-electron chi connectivity index (χ4n) is 4.27. The number of benzene rings is 3. The van der Waals surface area contributed by atoms with Crippen LogP contribution in [0.5, 0.6) is 0 Å². The molecule has 0 bridgehead atoms. The van der Waals surface area contributed by atoms with Crippen LogP contribution in [-0.4, -0.2) is 62.1 Å². The third-order valence-electron chi connectivity index (χ3n) is 6.12. The van der Waals surface area contributed by atoms with Crippen molar-refractivity contribution in [1.82, 2.24) is 30.0 Å². The van der Waals surface area contributed by atoms with Gasteiger partial charge >= 0.3 is 0 Å². The van der Waals surface area contributed by atoms with Gasteiger partial charge in [0.25, 0.3) is 0 Å². The first-order chi connectivity index (χ1) is 15.7. The minimum atomic E-state index is 0.186. The van der Waals surface area contributed by atoms with E-state index in [4.69, 9.17) is 0 Å². The van der Waals surface area contributed by atoms with Crippen LogP contribution < -0.4 is 0 Å². The number of carbonyl (C=O) groups is 1. The Balaban J connectivity index is 1.20. The molecule has 1 aromatic heterocycles. The second-order valence-electron chi connectivity index (χ2n) is 8.31. The van der Waals surface area contributed by atoms with E-state index in [1.165, 1.54) is 10.9 Å². The molecule has 3 aromatic carbocycles. The summed E-state index contributed by atoms with van der Waals surface area (Å²) in [5.41, 5.74) is 3.25. The molecule has 4 aromatic rings. The highest BCUT2D eigenvalue weighted by Gasteiger charge is 2.23. The molecule has 0 spiro atoms. The van der Waals surface area contributed by atoms with Gasteiger partial charge in [0.1, 0.15) is 0 Å². The maximum atomic E-state index is 13.0. The summed E-state index contributed by atoms with van der Waals surface area (Å²) >= 11 is 0. The fraction of sp³-hybridized carbons (Fsp3) is 0.280. The Labute approximate surface area is 187 Å². The molecule has 7 heteroatoms. The Hall–Kier alpha value is -3.58. The predicted octanol–water partition coefficient (Wildman–Crippen LogP) is 3.01. The van der Waals surface area contributed by atoms with Crippen LogP contribution in [0.25, 0.3) is 16.5 Å². The van der Waals surface area contributed by atoms with E-state index in [2.05, 4.69) is 63.7 Å². The van der Waals surface area contributed by atoms with Gasteiger partial charge in [-0.25, -0.2) is 0 Å². The molecular formula is C25H26N6O. The zero-order valence-electron chi connectivity index (χ0n) is 18.2. The van der Waals surface area contributed by atoms with Crippen LogP contribution in [0, 0.1) is 6.92 Å². The van der Waals surface area contributed by atoms with Crippen molar-refractivity contribution in [3.8, 4) is 5.69 Å². The van der Waals surface area contributed by atoms with Crippen molar-refractivity contribution >= 4 is 16.7 Å². The average Bonchev–Trinajstić information content (AvgIpc) is 3.28.